The second kappa shape index (κ2) is 8.04. The van der Waals surface area contributed by atoms with Gasteiger partial charge in [0.15, 0.2) is 0 Å². The summed E-state index contributed by atoms with van der Waals surface area (Å²) in [6, 6.07) is 26.2. The Labute approximate surface area is 181 Å². The summed E-state index contributed by atoms with van der Waals surface area (Å²) in [5.41, 5.74) is 4.30. The average molecular weight is 419 g/mol. The minimum atomic E-state index is -0.272. The van der Waals surface area contributed by atoms with Crippen molar-refractivity contribution in [3.8, 4) is 0 Å². The maximum Gasteiger partial charge on any atom is 0.410 e. The molecule has 1 N–H and O–H groups in total. The number of carbonyl (C=O) groups excluding carboxylic acids is 1. The lowest BCUT2D eigenvalue weighted by Gasteiger charge is -2.39. The minimum Gasteiger partial charge on any atom is -0.445 e. The molecule has 1 amide bonds. The molecule has 0 spiro atoms. The van der Waals surface area contributed by atoms with E-state index < -0.39 is 0 Å². The molecule has 2 aliphatic heterocycles. The van der Waals surface area contributed by atoms with Crippen LogP contribution in [-0.4, -0.2) is 17.5 Å². The first-order chi connectivity index (χ1) is 14.7. The molecule has 0 radical (unpaired) electrons. The fourth-order valence-corrected chi connectivity index (χ4v) is 4.93. The molecule has 0 bridgehead atoms. The van der Waals surface area contributed by atoms with Gasteiger partial charge in [0, 0.05) is 23.2 Å². The highest BCUT2D eigenvalue weighted by Crippen LogP contribution is 2.51. The molecule has 0 saturated carbocycles. The Hall–Kier alpha value is -2.98. The summed E-state index contributed by atoms with van der Waals surface area (Å²) in [4.78, 5) is 14.9. The minimum absolute atomic E-state index is 0.0616. The van der Waals surface area contributed by atoms with E-state index in [1.807, 2.05) is 59.5 Å². The molecule has 5 heteroatoms. The Bertz CT molecular complexity index is 1040. The van der Waals surface area contributed by atoms with E-state index in [0.717, 1.165) is 23.2 Å². The van der Waals surface area contributed by atoms with Crippen molar-refractivity contribution in [2.75, 3.05) is 11.9 Å². The quantitative estimate of drug-likeness (QED) is 0.550. The number of ether oxygens (including phenoxy) is 1. The molecule has 5 rings (SSSR count). The zero-order valence-corrected chi connectivity index (χ0v) is 17.3. The van der Waals surface area contributed by atoms with Crippen LogP contribution in [-0.2, 0) is 11.3 Å². The first-order valence-corrected chi connectivity index (χ1v) is 10.7. The van der Waals surface area contributed by atoms with Crippen LogP contribution in [0.5, 0.6) is 0 Å². The Morgan fingerprint density at radius 3 is 2.53 bits per heavy atom. The van der Waals surface area contributed by atoms with Crippen molar-refractivity contribution in [3.63, 3.8) is 0 Å². The largest absolute Gasteiger partial charge is 0.445 e. The summed E-state index contributed by atoms with van der Waals surface area (Å²) in [6.07, 6.45) is 0.634. The zero-order chi connectivity index (χ0) is 20.5. The van der Waals surface area contributed by atoms with Crippen LogP contribution in [0.2, 0.25) is 5.02 Å². The normalized spacial score (nSPS) is 22.0. The SMILES string of the molecule is O=C(OCc1ccccc1)N1CC[C@@H]2[C@H]1c1cc(Cl)ccc1N[C@H]2c1ccccc1. The van der Waals surface area contributed by atoms with Gasteiger partial charge in [-0.1, -0.05) is 72.3 Å². The van der Waals surface area contributed by atoms with E-state index in [0.29, 0.717) is 11.6 Å². The number of rotatable bonds is 3. The smallest absolute Gasteiger partial charge is 0.410 e. The molecule has 30 heavy (non-hydrogen) atoms. The Morgan fingerprint density at radius 1 is 1.03 bits per heavy atom. The van der Waals surface area contributed by atoms with Gasteiger partial charge in [-0.05, 0) is 41.3 Å². The number of fused-ring (bicyclic) bond motifs is 3. The highest BCUT2D eigenvalue weighted by atomic mass is 35.5. The van der Waals surface area contributed by atoms with Crippen LogP contribution in [0.1, 0.15) is 35.2 Å². The van der Waals surface area contributed by atoms with E-state index in [4.69, 9.17) is 16.3 Å². The molecule has 152 valence electrons. The fourth-order valence-electron chi connectivity index (χ4n) is 4.75. The third-order valence-corrected chi connectivity index (χ3v) is 6.35. The van der Waals surface area contributed by atoms with Crippen LogP contribution >= 0.6 is 11.6 Å². The standard InChI is InChI=1S/C25H23ClN2O2/c26-19-11-12-22-21(15-19)24-20(23(27-22)18-9-5-2-6-10-18)13-14-28(24)25(29)30-16-17-7-3-1-4-8-17/h1-12,15,20,23-24,27H,13-14,16H2/t20-,23-,24-/m0/s1. The number of nitrogens with zero attached hydrogens (tertiary/aromatic N) is 1. The number of hydrogen-bond acceptors (Lipinski definition) is 3. The third-order valence-electron chi connectivity index (χ3n) is 6.11. The number of halogens is 1. The summed E-state index contributed by atoms with van der Waals surface area (Å²) in [5.74, 6) is 0.252. The van der Waals surface area contributed by atoms with Crippen molar-refractivity contribution in [1.29, 1.82) is 0 Å². The van der Waals surface area contributed by atoms with Crippen LogP contribution in [0.3, 0.4) is 0 Å². The lowest BCUT2D eigenvalue weighted by Crippen LogP contribution is -2.37. The lowest BCUT2D eigenvalue weighted by atomic mass is 9.80. The number of carbonyl (C=O) groups is 1. The Morgan fingerprint density at radius 2 is 1.77 bits per heavy atom. The van der Waals surface area contributed by atoms with Gasteiger partial charge in [0.25, 0.3) is 0 Å². The summed E-state index contributed by atoms with van der Waals surface area (Å²) in [6.45, 7) is 0.941. The molecule has 2 heterocycles. The molecule has 2 aliphatic rings. The second-order valence-corrected chi connectivity index (χ2v) is 8.33. The van der Waals surface area contributed by atoms with Gasteiger partial charge in [0.1, 0.15) is 6.61 Å². The maximum atomic E-state index is 13.1. The van der Waals surface area contributed by atoms with E-state index in [9.17, 15) is 4.79 Å². The van der Waals surface area contributed by atoms with Gasteiger partial charge in [-0.3, -0.25) is 0 Å². The van der Waals surface area contributed by atoms with Gasteiger partial charge in [-0.25, -0.2) is 4.79 Å². The monoisotopic (exact) mass is 418 g/mol. The third kappa shape index (κ3) is 3.52. The van der Waals surface area contributed by atoms with Crippen LogP contribution in [0.4, 0.5) is 10.5 Å². The van der Waals surface area contributed by atoms with E-state index in [2.05, 4.69) is 29.6 Å². The number of anilines is 1. The van der Waals surface area contributed by atoms with Crippen molar-refractivity contribution in [3.05, 3.63) is 101 Å². The van der Waals surface area contributed by atoms with Gasteiger partial charge in [-0.2, -0.15) is 0 Å². The highest BCUT2D eigenvalue weighted by Gasteiger charge is 2.46. The predicted molar refractivity (Wildman–Crippen MR) is 118 cm³/mol. The molecule has 4 nitrogen and oxygen atoms in total. The predicted octanol–water partition coefficient (Wildman–Crippen LogP) is 6.21. The number of amides is 1. The molecule has 0 aliphatic carbocycles. The van der Waals surface area contributed by atoms with E-state index in [-0.39, 0.29) is 30.7 Å². The molecular formula is C25H23ClN2O2. The average Bonchev–Trinajstić information content (AvgIpc) is 3.24. The summed E-state index contributed by atoms with van der Waals surface area (Å²) >= 11 is 6.33. The highest BCUT2D eigenvalue weighted by molar-refractivity contribution is 6.30. The van der Waals surface area contributed by atoms with E-state index in [1.165, 1.54) is 5.56 Å². The van der Waals surface area contributed by atoms with Gasteiger partial charge in [0.05, 0.1) is 12.1 Å². The summed E-state index contributed by atoms with van der Waals surface area (Å²) in [5, 5.41) is 4.37. The van der Waals surface area contributed by atoms with E-state index >= 15 is 0 Å². The molecule has 3 aromatic carbocycles. The number of hydrogen-bond donors (Lipinski definition) is 1. The van der Waals surface area contributed by atoms with Crippen LogP contribution in [0, 0.1) is 5.92 Å². The van der Waals surface area contributed by atoms with E-state index in [1.54, 1.807) is 0 Å². The van der Waals surface area contributed by atoms with Crippen molar-refractivity contribution in [1.82, 2.24) is 4.90 Å². The fraction of sp³-hybridized carbons (Fsp3) is 0.240. The van der Waals surface area contributed by atoms with Crippen LogP contribution < -0.4 is 5.32 Å². The topological polar surface area (TPSA) is 41.6 Å². The number of likely N-dealkylation sites (tertiary alicyclic amines) is 1. The summed E-state index contributed by atoms with van der Waals surface area (Å²) in [7, 11) is 0. The van der Waals surface area contributed by atoms with Crippen molar-refractivity contribution >= 4 is 23.4 Å². The second-order valence-electron chi connectivity index (χ2n) is 7.90. The van der Waals surface area contributed by atoms with Crippen LogP contribution in [0.25, 0.3) is 0 Å². The van der Waals surface area contributed by atoms with Gasteiger partial charge in [-0.15, -0.1) is 0 Å². The molecule has 0 unspecified atom stereocenters. The van der Waals surface area contributed by atoms with Crippen molar-refractivity contribution < 1.29 is 9.53 Å². The first kappa shape index (κ1) is 19.0. The molecule has 3 atom stereocenters. The van der Waals surface area contributed by atoms with Crippen molar-refractivity contribution in [2.24, 2.45) is 5.92 Å². The number of benzene rings is 3. The Balaban J connectivity index is 1.45. The zero-order valence-electron chi connectivity index (χ0n) is 16.5. The van der Waals surface area contributed by atoms with Crippen LogP contribution in [0.15, 0.2) is 78.9 Å². The molecule has 3 aromatic rings. The van der Waals surface area contributed by atoms with Crippen molar-refractivity contribution in [2.45, 2.75) is 25.1 Å². The van der Waals surface area contributed by atoms with Gasteiger partial charge in [0.2, 0.25) is 0 Å². The maximum absolute atomic E-state index is 13.1. The van der Waals surface area contributed by atoms with Gasteiger partial charge >= 0.3 is 6.09 Å². The molecule has 1 fully saturated rings. The lowest BCUT2D eigenvalue weighted by molar-refractivity contribution is 0.0865. The number of nitrogens with one attached hydrogen (secondary N) is 1. The molecule has 1 saturated heterocycles. The summed E-state index contributed by atoms with van der Waals surface area (Å²) < 4.78 is 5.68. The Kier molecular flexibility index (Phi) is 5.09. The molecule has 0 aromatic heterocycles. The first-order valence-electron chi connectivity index (χ1n) is 10.3. The molecular weight excluding hydrogens is 396 g/mol. The van der Waals surface area contributed by atoms with Gasteiger partial charge < -0.3 is 15.0 Å².